The summed E-state index contributed by atoms with van der Waals surface area (Å²) in [6.45, 7) is 6.16. The Morgan fingerprint density at radius 2 is 1.81 bits per heavy atom. The summed E-state index contributed by atoms with van der Waals surface area (Å²) in [4.78, 5) is 43.9. The summed E-state index contributed by atoms with van der Waals surface area (Å²) >= 11 is 0. The molecule has 1 aromatic rings. The second kappa shape index (κ2) is 9.55. The molecular formula is C22H27N4O5+. The van der Waals surface area contributed by atoms with Crippen molar-refractivity contribution in [3.05, 3.63) is 35.6 Å². The van der Waals surface area contributed by atoms with Crippen LogP contribution in [0.2, 0.25) is 0 Å². The van der Waals surface area contributed by atoms with E-state index in [-0.39, 0.29) is 0 Å². The molecule has 0 aromatic heterocycles. The molecule has 0 fully saturated rings. The molecule has 1 atom stereocenters. The van der Waals surface area contributed by atoms with Gasteiger partial charge in [0, 0.05) is 11.3 Å². The number of benzene rings is 1. The fourth-order valence-electron chi connectivity index (χ4n) is 3.50. The largest absolute Gasteiger partial charge is 0.496 e. The van der Waals surface area contributed by atoms with Gasteiger partial charge >= 0.3 is 11.9 Å². The molecule has 2 heterocycles. The van der Waals surface area contributed by atoms with E-state index in [1.807, 2.05) is 20.8 Å². The molecule has 164 valence electrons. The highest BCUT2D eigenvalue weighted by Crippen LogP contribution is 2.29. The van der Waals surface area contributed by atoms with Crippen molar-refractivity contribution in [1.82, 2.24) is 4.90 Å². The number of ether oxygens (including phenoxy) is 2. The topological polar surface area (TPSA) is 100 Å². The van der Waals surface area contributed by atoms with Crippen LogP contribution in [0.1, 0.15) is 27.2 Å². The number of allylic oxidation sites excluding steroid dienone is 1. The number of aliphatic imine (C=N–C) groups is 1. The number of rotatable bonds is 8. The number of anilines is 1. The van der Waals surface area contributed by atoms with Crippen molar-refractivity contribution in [3.63, 3.8) is 0 Å². The molecule has 2 aliphatic heterocycles. The van der Waals surface area contributed by atoms with E-state index in [1.165, 1.54) is 11.6 Å². The molecule has 0 spiro atoms. The van der Waals surface area contributed by atoms with E-state index in [2.05, 4.69) is 10.3 Å². The van der Waals surface area contributed by atoms with E-state index >= 15 is 0 Å². The first-order valence-electron chi connectivity index (χ1n) is 10.3. The molecule has 31 heavy (non-hydrogen) atoms. The summed E-state index contributed by atoms with van der Waals surface area (Å²) in [6.07, 6.45) is 2.26. The maximum Gasteiger partial charge on any atom is 0.446 e. The van der Waals surface area contributed by atoms with Crippen LogP contribution in [0, 0.1) is 5.92 Å². The summed E-state index contributed by atoms with van der Waals surface area (Å²) < 4.78 is 12.4. The van der Waals surface area contributed by atoms with Crippen LogP contribution in [0.4, 0.5) is 10.5 Å². The quantitative estimate of drug-likeness (QED) is 0.642. The van der Waals surface area contributed by atoms with E-state index in [0.717, 1.165) is 10.5 Å². The van der Waals surface area contributed by atoms with Crippen LogP contribution in [0.15, 0.2) is 40.6 Å². The minimum Gasteiger partial charge on any atom is -0.496 e. The Labute approximate surface area is 181 Å². The average molecular weight is 427 g/mol. The maximum absolute atomic E-state index is 13.2. The van der Waals surface area contributed by atoms with Gasteiger partial charge in [0.1, 0.15) is 17.7 Å². The van der Waals surface area contributed by atoms with Crippen molar-refractivity contribution in [2.75, 3.05) is 32.1 Å². The van der Waals surface area contributed by atoms with Gasteiger partial charge in [0.15, 0.2) is 12.5 Å². The van der Waals surface area contributed by atoms with Gasteiger partial charge < -0.3 is 14.8 Å². The molecule has 1 aromatic carbocycles. The van der Waals surface area contributed by atoms with E-state index < -0.39 is 30.3 Å². The van der Waals surface area contributed by atoms with Crippen molar-refractivity contribution in [2.45, 2.75) is 27.2 Å². The van der Waals surface area contributed by atoms with Gasteiger partial charge in [-0.05, 0) is 44.5 Å². The number of imide groups is 1. The molecule has 0 aliphatic carbocycles. The number of amidine groups is 1. The minimum atomic E-state index is -0.846. The number of nitrogens with zero attached hydrogens (tertiary/aromatic N) is 3. The molecule has 0 saturated carbocycles. The number of fused-ring (bicyclic) bond motifs is 1. The molecule has 1 unspecified atom stereocenters. The standard InChI is InChI=1S/C22H26N4O5/c1-5-14-12-23-20-18(19(14)31-7-3)21(28)26(22(29)25(20)4)13-17(27)24-15-8-10-16(11-9-15)30-6-2/h8-12,18H,5-7,13H2,1-4H3/p+1. The van der Waals surface area contributed by atoms with Crippen LogP contribution in [-0.4, -0.2) is 66.2 Å². The van der Waals surface area contributed by atoms with E-state index in [9.17, 15) is 14.4 Å². The third kappa shape index (κ3) is 4.50. The molecule has 9 nitrogen and oxygen atoms in total. The molecule has 2 aliphatic rings. The fraction of sp³-hybridized carbons (Fsp3) is 0.409. The second-order valence-electron chi connectivity index (χ2n) is 7.00. The van der Waals surface area contributed by atoms with Crippen LogP contribution in [0.25, 0.3) is 0 Å². The predicted molar refractivity (Wildman–Crippen MR) is 115 cm³/mol. The molecule has 0 bridgehead atoms. The van der Waals surface area contributed by atoms with Gasteiger partial charge in [-0.3, -0.25) is 9.59 Å². The van der Waals surface area contributed by atoms with Crippen LogP contribution in [-0.2, 0) is 14.3 Å². The van der Waals surface area contributed by atoms with Gasteiger partial charge in [-0.15, -0.1) is 4.99 Å². The molecule has 1 N–H and O–H groups in total. The zero-order valence-electron chi connectivity index (χ0n) is 18.2. The molecular weight excluding hydrogens is 400 g/mol. The average Bonchev–Trinajstić information content (AvgIpc) is 2.76. The summed E-state index contributed by atoms with van der Waals surface area (Å²) in [7, 11) is 1.53. The second-order valence-corrected chi connectivity index (χ2v) is 7.00. The number of hydrogen-bond acceptors (Lipinski definition) is 6. The van der Waals surface area contributed by atoms with Crippen LogP contribution >= 0.6 is 0 Å². The van der Waals surface area contributed by atoms with Crippen molar-refractivity contribution in [1.29, 1.82) is 0 Å². The predicted octanol–water partition coefficient (Wildman–Crippen LogP) is 2.43. The molecule has 0 saturated heterocycles. The molecule has 0 radical (unpaired) electrons. The smallest absolute Gasteiger partial charge is 0.446 e. The molecule has 9 heteroatoms. The van der Waals surface area contributed by atoms with Crippen molar-refractivity contribution in [3.8, 4) is 5.75 Å². The highest BCUT2D eigenvalue weighted by Gasteiger charge is 2.51. The molecule has 4 amide bonds. The van der Waals surface area contributed by atoms with Crippen molar-refractivity contribution >= 4 is 35.6 Å². The number of urea groups is 1. The summed E-state index contributed by atoms with van der Waals surface area (Å²) in [5, 5.41) is 2.70. The third-order valence-corrected chi connectivity index (χ3v) is 5.00. The van der Waals surface area contributed by atoms with Gasteiger partial charge in [-0.1, -0.05) is 6.92 Å². The number of hydrogen-bond donors (Lipinski definition) is 1. The Morgan fingerprint density at radius 1 is 1.13 bits per heavy atom. The van der Waals surface area contributed by atoms with Crippen LogP contribution in [0.5, 0.6) is 5.75 Å². The molecule has 3 rings (SSSR count). The fourth-order valence-corrected chi connectivity index (χ4v) is 3.50. The number of nitrogens with one attached hydrogen (secondary N) is 1. The van der Waals surface area contributed by atoms with E-state index in [1.54, 1.807) is 30.5 Å². The lowest BCUT2D eigenvalue weighted by Crippen LogP contribution is -2.56. The van der Waals surface area contributed by atoms with Crippen molar-refractivity contribution in [2.24, 2.45) is 10.9 Å². The summed E-state index contributed by atoms with van der Waals surface area (Å²) in [6, 6.07) is 6.25. The zero-order chi connectivity index (χ0) is 22.5. The summed E-state index contributed by atoms with van der Waals surface area (Å²) in [5.41, 5.74) is 1.34. The van der Waals surface area contributed by atoms with Gasteiger partial charge in [0.2, 0.25) is 0 Å². The minimum absolute atomic E-state index is 0.304. The summed E-state index contributed by atoms with van der Waals surface area (Å²) in [5.74, 6) is -0.381. The first-order valence-corrected chi connectivity index (χ1v) is 10.3. The zero-order valence-corrected chi connectivity index (χ0v) is 18.2. The maximum atomic E-state index is 13.2. The Kier molecular flexibility index (Phi) is 6.84. The van der Waals surface area contributed by atoms with Gasteiger partial charge in [0.05, 0.1) is 20.3 Å². The van der Waals surface area contributed by atoms with Crippen molar-refractivity contribution < 1.29 is 28.4 Å². The lowest BCUT2D eigenvalue weighted by atomic mass is 9.94. The lowest BCUT2D eigenvalue weighted by Gasteiger charge is -2.29. The Morgan fingerprint density at radius 3 is 2.42 bits per heavy atom. The first kappa shape index (κ1) is 22.2. The Balaban J connectivity index is 1.81. The van der Waals surface area contributed by atoms with E-state index in [0.29, 0.717) is 42.7 Å². The number of carbonyl (C=O) groups excluding carboxylic acids is 3. The van der Waals surface area contributed by atoms with E-state index in [4.69, 9.17) is 9.47 Å². The van der Waals surface area contributed by atoms with Gasteiger partial charge in [-0.2, -0.15) is 9.48 Å². The Hall–Kier alpha value is -3.49. The first-order chi connectivity index (χ1) is 14.9. The van der Waals surface area contributed by atoms with Crippen LogP contribution in [0.3, 0.4) is 0 Å². The number of dihydropyridines is 1. The van der Waals surface area contributed by atoms with Gasteiger partial charge in [0.25, 0.3) is 11.7 Å². The van der Waals surface area contributed by atoms with Crippen LogP contribution < -0.4 is 10.1 Å². The lowest BCUT2D eigenvalue weighted by molar-refractivity contribution is -0.408. The van der Waals surface area contributed by atoms with Gasteiger partial charge in [-0.25, -0.2) is 4.79 Å². The number of carbonyl (C=O) groups is 3. The normalized spacial score (nSPS) is 18.3. The highest BCUT2D eigenvalue weighted by molar-refractivity contribution is 6.17. The Bertz CT molecular complexity index is 978. The number of amides is 4. The SMILES string of the molecule is CCOC1=C(CC)C=NC2=[N+](C)C(=O)N(CC(=O)Nc3ccc(OCC)cc3)C(=O)C12. The monoisotopic (exact) mass is 427 g/mol. The highest BCUT2D eigenvalue weighted by atomic mass is 16.5. The third-order valence-electron chi connectivity index (χ3n) is 5.00.